The normalized spacial score (nSPS) is 15.4. The molecule has 0 bridgehead atoms. The van der Waals surface area contributed by atoms with Gasteiger partial charge in [-0.3, -0.25) is 44.0 Å². The number of rotatable bonds is 23. The highest BCUT2D eigenvalue weighted by molar-refractivity contribution is 5.96. The van der Waals surface area contributed by atoms with Crippen molar-refractivity contribution < 1.29 is 37.8 Å². The van der Waals surface area contributed by atoms with Crippen LogP contribution in [0.15, 0.2) is 218 Å². The molecule has 3 aliphatic rings. The number of nitrogens with zero attached hydrogens (tertiary/aromatic N) is 14. The number of Topliss-reactive ketones (excluding diaryl/α,β-unsaturated/α-hetero) is 2. The predicted molar refractivity (Wildman–Crippen MR) is 434 cm³/mol. The Morgan fingerprint density at radius 1 is 0.523 bits per heavy atom. The molecule has 3 N–H and O–H groups in total. The highest BCUT2D eigenvalue weighted by Crippen LogP contribution is 2.40. The monoisotopic (exact) mass is 1490 g/mol. The molecule has 3 unspecified atom stereocenters. The molecule has 0 radical (unpaired) electrons. The maximum absolute atomic E-state index is 12.9. The predicted octanol–water partition coefficient (Wildman–Crippen LogP) is 13.8. The summed E-state index contributed by atoms with van der Waals surface area (Å²) in [5.41, 5.74) is 18.0. The second kappa shape index (κ2) is 37.0. The molecule has 0 saturated carbocycles. The van der Waals surface area contributed by atoms with Crippen LogP contribution in [0.4, 0.5) is 21.9 Å². The van der Waals surface area contributed by atoms with Gasteiger partial charge in [-0.15, -0.1) is 0 Å². The smallest absolute Gasteiger partial charge is 0.404 e. The maximum Gasteiger partial charge on any atom is 0.404 e. The maximum atomic E-state index is 12.9. The number of carbonyl (C=O) groups is 4. The Hall–Kier alpha value is -11.9. The third-order valence-corrected chi connectivity index (χ3v) is 20.7. The van der Waals surface area contributed by atoms with Crippen LogP contribution in [0.2, 0.25) is 0 Å². The minimum absolute atomic E-state index is 0.0169. The van der Waals surface area contributed by atoms with Crippen LogP contribution in [0, 0.1) is 0 Å². The largest absolute Gasteiger partial charge is 0.494 e. The summed E-state index contributed by atoms with van der Waals surface area (Å²) in [7, 11) is 3.39. The SMILES string of the molecule is CC(=O)C(c1coc(-c2ccccc2)n1)N1CCCN(c2cc(C(C)C)cc3cccnc23)CC1.COc1ccc2cccnc2c1N1CCCN(C(CC(=O)NCC(C)=O)c2ccn(-c3ccccc3)n2)CC1.COc1ccc2cccnc2c1N1CCCN(C(CCOC(N)=O)c2ccn(-c3ccccc3)n2)CC1. The van der Waals surface area contributed by atoms with Crippen molar-refractivity contribution in [2.24, 2.45) is 5.73 Å². The average molecular weight is 1500 g/mol. The number of nitrogens with two attached hydrogens (primary N) is 1. The number of para-hydroxylation sites is 2. The topological polar surface area (TPSA) is 254 Å². The Morgan fingerprint density at radius 2 is 1.03 bits per heavy atom. The number of oxazole rings is 1. The lowest BCUT2D eigenvalue weighted by Crippen LogP contribution is -2.38. The fourth-order valence-electron chi connectivity index (χ4n) is 15.3. The van der Waals surface area contributed by atoms with E-state index < -0.39 is 12.1 Å². The standard InChI is InChI=1S/C30H34N6O3.C29H32N4O2.C28H32N6O3/c1-22(37)21-32-28(38)20-26(25-13-17-36(33-25)24-9-4-3-5-10-24)34-15-7-16-35(19-18-34)30-27(39-2)12-11-23-8-6-14-31-29(23)30;1-20(2)24-17-23-11-7-12-30-27(23)26(18-24)32-13-8-14-33(16-15-32)28(21(3)34)25-19-35-29(31-25)22-9-5-4-6-10-22;1-36-25-11-10-21-7-5-14-30-26(21)27(25)33-16-6-15-32(18-19-33)24(13-20-37-28(29)35)23-12-17-34(31-23)22-8-3-2-4-9-22/h3-6,8-14,17,26H,7,15-16,18-21H2,1-2H3,(H,32,38);4-7,9-12,17-20,28H,8,13-16H2,1-3H3;2-5,7-12,14,17,24H,6,13,15-16,18-20H2,1H3,(H2,29,35). The summed E-state index contributed by atoms with van der Waals surface area (Å²) in [5.74, 6) is 2.47. The van der Waals surface area contributed by atoms with Crippen LogP contribution in [0.25, 0.3) is 55.5 Å². The molecule has 3 saturated heterocycles. The molecule has 9 heterocycles. The number of methoxy groups -OCH3 is 2. The van der Waals surface area contributed by atoms with Gasteiger partial charge in [0.15, 0.2) is 5.78 Å². The van der Waals surface area contributed by atoms with E-state index in [9.17, 15) is 19.2 Å². The van der Waals surface area contributed by atoms with Crippen molar-refractivity contribution in [1.29, 1.82) is 0 Å². The first kappa shape index (κ1) is 77.3. The molecule has 6 aromatic carbocycles. The van der Waals surface area contributed by atoms with E-state index in [4.69, 9.17) is 44.5 Å². The van der Waals surface area contributed by atoms with Crippen molar-refractivity contribution in [3.8, 4) is 34.3 Å². The summed E-state index contributed by atoms with van der Waals surface area (Å²) in [4.78, 5) is 81.3. The van der Waals surface area contributed by atoms with Gasteiger partial charge >= 0.3 is 6.09 Å². The molecule has 24 heteroatoms. The minimum Gasteiger partial charge on any atom is -0.494 e. The Balaban J connectivity index is 0.000000146. The number of nitrogens with one attached hydrogen (secondary N) is 1. The molecule has 111 heavy (non-hydrogen) atoms. The zero-order valence-corrected chi connectivity index (χ0v) is 64.1. The molecule has 3 aliphatic heterocycles. The third-order valence-electron chi connectivity index (χ3n) is 20.7. The molecule has 3 atom stereocenters. The summed E-state index contributed by atoms with van der Waals surface area (Å²) in [6, 6.07) is 58.0. The third kappa shape index (κ3) is 19.1. The molecule has 12 aromatic rings. The number of ketones is 2. The summed E-state index contributed by atoms with van der Waals surface area (Å²) in [6.07, 6.45) is 13.9. The first-order valence-corrected chi connectivity index (χ1v) is 38.3. The van der Waals surface area contributed by atoms with Gasteiger partial charge in [-0.2, -0.15) is 10.2 Å². The molecule has 6 aromatic heterocycles. The van der Waals surface area contributed by atoms with E-state index in [1.54, 1.807) is 27.4 Å². The van der Waals surface area contributed by atoms with Gasteiger partial charge in [-0.25, -0.2) is 19.1 Å². The second-order valence-electron chi connectivity index (χ2n) is 28.5. The summed E-state index contributed by atoms with van der Waals surface area (Å²) in [6.45, 7) is 17.7. The number of carbonyl (C=O) groups excluding carboxylic acids is 4. The van der Waals surface area contributed by atoms with Gasteiger partial charge in [-0.1, -0.05) is 86.6 Å². The van der Waals surface area contributed by atoms with Crippen molar-refractivity contribution >= 4 is 73.3 Å². The van der Waals surface area contributed by atoms with Crippen LogP contribution in [-0.4, -0.2) is 184 Å². The Labute approximate surface area is 647 Å². The van der Waals surface area contributed by atoms with E-state index >= 15 is 0 Å². The van der Waals surface area contributed by atoms with Crippen molar-refractivity contribution in [2.75, 3.05) is 121 Å². The number of amides is 2. The van der Waals surface area contributed by atoms with Gasteiger partial charge < -0.3 is 44.4 Å². The molecule has 0 aliphatic carbocycles. The molecule has 574 valence electrons. The number of anilines is 3. The van der Waals surface area contributed by atoms with Gasteiger partial charge in [0.25, 0.3) is 0 Å². The molecular weight excluding hydrogens is 1400 g/mol. The molecule has 24 nitrogen and oxygen atoms in total. The van der Waals surface area contributed by atoms with E-state index in [2.05, 4.69) is 88.9 Å². The number of hydrogen-bond acceptors (Lipinski definition) is 20. The number of hydrogen-bond donors (Lipinski definition) is 2. The quantitative estimate of drug-likeness (QED) is 0.0603. The van der Waals surface area contributed by atoms with Crippen molar-refractivity contribution in [3.05, 3.63) is 236 Å². The number of benzene rings is 6. The summed E-state index contributed by atoms with van der Waals surface area (Å²) in [5, 5.41) is 15.8. The minimum atomic E-state index is -0.758. The Kier molecular flexibility index (Phi) is 25.8. The lowest BCUT2D eigenvalue weighted by molar-refractivity contribution is -0.125. The molecule has 2 amide bonds. The number of ether oxygens (including phenoxy) is 3. The first-order valence-electron chi connectivity index (χ1n) is 38.3. The van der Waals surface area contributed by atoms with Gasteiger partial charge in [0, 0.05) is 144 Å². The number of pyridine rings is 3. The fourth-order valence-corrected chi connectivity index (χ4v) is 15.3. The first-order chi connectivity index (χ1) is 54.2. The molecule has 3 fully saturated rings. The highest BCUT2D eigenvalue weighted by Gasteiger charge is 2.33. The van der Waals surface area contributed by atoms with Crippen LogP contribution < -0.4 is 35.2 Å². The van der Waals surface area contributed by atoms with Crippen LogP contribution in [-0.2, 0) is 19.1 Å². The van der Waals surface area contributed by atoms with Crippen molar-refractivity contribution in [1.82, 2.24) is 59.5 Å². The molecule has 15 rings (SSSR count). The lowest BCUT2D eigenvalue weighted by Gasteiger charge is -2.30. The highest BCUT2D eigenvalue weighted by atomic mass is 16.5. The van der Waals surface area contributed by atoms with Crippen molar-refractivity contribution in [3.63, 3.8) is 0 Å². The Morgan fingerprint density at radius 3 is 1.57 bits per heavy atom. The lowest BCUT2D eigenvalue weighted by atomic mass is 9.99. The van der Waals surface area contributed by atoms with Crippen LogP contribution in [0.5, 0.6) is 11.5 Å². The fraction of sp³-hybridized carbons (Fsp3) is 0.333. The van der Waals surface area contributed by atoms with E-state index in [0.29, 0.717) is 23.9 Å². The zero-order chi connectivity index (χ0) is 77.2. The van der Waals surface area contributed by atoms with E-state index in [1.165, 1.54) is 23.6 Å². The Bertz CT molecular complexity index is 5090. The van der Waals surface area contributed by atoms with Gasteiger partial charge in [-0.05, 0) is 148 Å². The van der Waals surface area contributed by atoms with Crippen LogP contribution >= 0.6 is 0 Å². The molecular formula is C87H98N16O8. The van der Waals surface area contributed by atoms with Crippen molar-refractivity contribution in [2.45, 2.75) is 83.8 Å². The van der Waals surface area contributed by atoms with E-state index in [-0.39, 0.29) is 49.1 Å². The molecule has 0 spiro atoms. The number of aromatic nitrogens is 8. The van der Waals surface area contributed by atoms with Crippen LogP contribution in [0.1, 0.15) is 106 Å². The van der Waals surface area contributed by atoms with E-state index in [0.717, 1.165) is 176 Å². The number of fused-ring (bicyclic) bond motifs is 3. The summed E-state index contributed by atoms with van der Waals surface area (Å²) < 4.78 is 26.1. The zero-order valence-electron chi connectivity index (χ0n) is 64.1. The van der Waals surface area contributed by atoms with Gasteiger partial charge in [0.05, 0.1) is 84.5 Å². The van der Waals surface area contributed by atoms with E-state index in [1.807, 2.05) is 186 Å². The average Bonchev–Trinajstić information content (AvgIpc) is 1.62. The second-order valence-corrected chi connectivity index (χ2v) is 28.5. The number of primary amides is 1. The van der Waals surface area contributed by atoms with Gasteiger partial charge in [0.1, 0.15) is 46.7 Å². The van der Waals surface area contributed by atoms with Gasteiger partial charge in [0.2, 0.25) is 11.8 Å². The van der Waals surface area contributed by atoms with Crippen LogP contribution in [0.3, 0.4) is 0 Å². The summed E-state index contributed by atoms with van der Waals surface area (Å²) >= 11 is 0.